The molecule has 0 saturated heterocycles. The summed E-state index contributed by atoms with van der Waals surface area (Å²) >= 11 is 0. The average molecular weight is 435 g/mol. The number of rotatable bonds is 9. The van der Waals surface area contributed by atoms with Crippen LogP contribution in [0.15, 0.2) is 72.8 Å². The second kappa shape index (κ2) is 10.9. The van der Waals surface area contributed by atoms with E-state index in [4.69, 9.17) is 18.9 Å². The molecule has 7 nitrogen and oxygen atoms in total. The van der Waals surface area contributed by atoms with E-state index < -0.39 is 18.0 Å². The Morgan fingerprint density at radius 1 is 0.844 bits per heavy atom. The van der Waals surface area contributed by atoms with Crippen LogP contribution in [0.2, 0.25) is 0 Å². The molecule has 1 amide bonds. The topological polar surface area (TPSA) is 83.1 Å². The van der Waals surface area contributed by atoms with E-state index in [0.29, 0.717) is 29.4 Å². The number of benzene rings is 3. The van der Waals surface area contributed by atoms with Crippen LogP contribution in [0.5, 0.6) is 17.2 Å². The van der Waals surface area contributed by atoms with Gasteiger partial charge >= 0.3 is 5.97 Å². The monoisotopic (exact) mass is 435 g/mol. The Balaban J connectivity index is 1.91. The van der Waals surface area contributed by atoms with Gasteiger partial charge in [0, 0.05) is 5.56 Å². The van der Waals surface area contributed by atoms with Crippen molar-refractivity contribution in [2.24, 2.45) is 0 Å². The van der Waals surface area contributed by atoms with Gasteiger partial charge in [-0.1, -0.05) is 48.5 Å². The number of hydrogen-bond donors (Lipinski definition) is 1. The molecule has 1 atom stereocenters. The molecule has 1 N–H and O–H groups in total. The van der Waals surface area contributed by atoms with Crippen molar-refractivity contribution in [3.05, 3.63) is 83.9 Å². The Morgan fingerprint density at radius 3 is 2.22 bits per heavy atom. The molecule has 0 aromatic heterocycles. The highest BCUT2D eigenvalue weighted by atomic mass is 16.6. The normalized spacial score (nSPS) is 11.2. The zero-order valence-corrected chi connectivity index (χ0v) is 18.2. The third-order valence-corrected chi connectivity index (χ3v) is 4.63. The van der Waals surface area contributed by atoms with Crippen LogP contribution in [-0.4, -0.2) is 32.7 Å². The van der Waals surface area contributed by atoms with E-state index in [1.54, 1.807) is 60.7 Å². The van der Waals surface area contributed by atoms with Crippen molar-refractivity contribution in [1.82, 2.24) is 0 Å². The summed E-state index contributed by atoms with van der Waals surface area (Å²) in [5, 5.41) is 2.80. The molecule has 0 aliphatic rings. The van der Waals surface area contributed by atoms with Crippen molar-refractivity contribution in [1.29, 1.82) is 0 Å². The maximum absolute atomic E-state index is 13.2. The minimum Gasteiger partial charge on any atom is -0.493 e. The summed E-state index contributed by atoms with van der Waals surface area (Å²) in [6, 6.07) is 20.7. The van der Waals surface area contributed by atoms with Crippen LogP contribution in [0.1, 0.15) is 28.9 Å². The fraction of sp³-hybridized carbons (Fsp3) is 0.200. The number of ether oxygens (including phenoxy) is 4. The lowest BCUT2D eigenvalue weighted by atomic mass is 10.1. The lowest BCUT2D eigenvalue weighted by Gasteiger charge is -2.20. The first-order chi connectivity index (χ1) is 15.6. The maximum atomic E-state index is 13.2. The first kappa shape index (κ1) is 22.7. The summed E-state index contributed by atoms with van der Waals surface area (Å²) in [5.41, 5.74) is 1.15. The third kappa shape index (κ3) is 5.18. The first-order valence-electron chi connectivity index (χ1n) is 10.1. The highest BCUT2D eigenvalue weighted by Gasteiger charge is 2.28. The molecule has 32 heavy (non-hydrogen) atoms. The van der Waals surface area contributed by atoms with Crippen LogP contribution in [-0.2, 0) is 9.53 Å². The number of anilines is 1. The highest BCUT2D eigenvalue weighted by Crippen LogP contribution is 2.33. The first-order valence-corrected chi connectivity index (χ1v) is 10.1. The van der Waals surface area contributed by atoms with Gasteiger partial charge < -0.3 is 24.3 Å². The number of nitrogens with one attached hydrogen (secondary N) is 1. The van der Waals surface area contributed by atoms with Gasteiger partial charge in [-0.25, -0.2) is 4.79 Å². The summed E-state index contributed by atoms with van der Waals surface area (Å²) < 4.78 is 21.8. The molecule has 0 heterocycles. The van der Waals surface area contributed by atoms with Crippen molar-refractivity contribution < 1.29 is 28.5 Å². The minimum absolute atomic E-state index is 0.148. The molecule has 0 fully saturated rings. The van der Waals surface area contributed by atoms with Gasteiger partial charge in [0.1, 0.15) is 11.3 Å². The van der Waals surface area contributed by atoms with Gasteiger partial charge in [0.15, 0.2) is 11.5 Å². The van der Waals surface area contributed by atoms with Crippen LogP contribution >= 0.6 is 0 Å². The van der Waals surface area contributed by atoms with Crippen molar-refractivity contribution in [2.75, 3.05) is 26.1 Å². The fourth-order valence-corrected chi connectivity index (χ4v) is 3.17. The quantitative estimate of drug-likeness (QED) is 0.493. The summed E-state index contributed by atoms with van der Waals surface area (Å²) in [5.74, 6) is -0.0976. The third-order valence-electron chi connectivity index (χ3n) is 4.63. The van der Waals surface area contributed by atoms with Crippen LogP contribution in [0, 0.1) is 0 Å². The molecule has 3 aromatic rings. The number of para-hydroxylation sites is 3. The van der Waals surface area contributed by atoms with Crippen LogP contribution in [0.4, 0.5) is 5.69 Å². The molecule has 0 aliphatic carbocycles. The van der Waals surface area contributed by atoms with Crippen LogP contribution in [0.25, 0.3) is 0 Å². The summed E-state index contributed by atoms with van der Waals surface area (Å²) in [6.07, 6.45) is -1.20. The summed E-state index contributed by atoms with van der Waals surface area (Å²) in [6.45, 7) is 2.30. The SMILES string of the molecule is CCOc1ccccc1NC(=O)C(OC(=O)c1cccc(OC)c1OC)c1ccccc1. The molecule has 0 saturated carbocycles. The van der Waals surface area contributed by atoms with E-state index >= 15 is 0 Å². The number of hydrogen-bond acceptors (Lipinski definition) is 6. The fourth-order valence-electron chi connectivity index (χ4n) is 3.17. The lowest BCUT2D eigenvalue weighted by Crippen LogP contribution is -2.26. The summed E-state index contributed by atoms with van der Waals surface area (Å²) in [7, 11) is 2.91. The van der Waals surface area contributed by atoms with E-state index in [1.807, 2.05) is 19.1 Å². The predicted octanol–water partition coefficient (Wildman–Crippen LogP) is 4.64. The predicted molar refractivity (Wildman–Crippen MR) is 120 cm³/mol. The van der Waals surface area contributed by atoms with Gasteiger partial charge in [0.25, 0.3) is 5.91 Å². The van der Waals surface area contributed by atoms with Crippen LogP contribution < -0.4 is 19.5 Å². The smallest absolute Gasteiger partial charge is 0.343 e. The van der Waals surface area contributed by atoms with Gasteiger partial charge in [-0.3, -0.25) is 4.79 Å². The number of esters is 1. The molecular weight excluding hydrogens is 410 g/mol. The highest BCUT2D eigenvalue weighted by molar-refractivity contribution is 6.00. The van der Waals surface area contributed by atoms with E-state index in [9.17, 15) is 9.59 Å². The standard InChI is InChI=1S/C25H25NO6/c1-4-31-20-15-9-8-14-19(20)26-24(27)22(17-11-6-5-7-12-17)32-25(28)18-13-10-16-21(29-2)23(18)30-3/h5-16,22H,4H2,1-3H3,(H,26,27). The van der Waals surface area contributed by atoms with Crippen molar-refractivity contribution >= 4 is 17.6 Å². The maximum Gasteiger partial charge on any atom is 0.343 e. The molecule has 7 heteroatoms. The number of carbonyl (C=O) groups excluding carboxylic acids is 2. The molecule has 3 rings (SSSR count). The second-order valence-corrected chi connectivity index (χ2v) is 6.66. The molecule has 0 spiro atoms. The van der Waals surface area contributed by atoms with Crippen molar-refractivity contribution in [3.8, 4) is 17.2 Å². The molecule has 0 aliphatic heterocycles. The molecular formula is C25H25NO6. The Labute approximate surface area is 186 Å². The number of carbonyl (C=O) groups is 2. The number of amides is 1. The Kier molecular flexibility index (Phi) is 7.70. The van der Waals surface area contributed by atoms with E-state index in [1.165, 1.54) is 14.2 Å². The number of methoxy groups -OCH3 is 2. The minimum atomic E-state index is -1.20. The van der Waals surface area contributed by atoms with Gasteiger partial charge in [0.05, 0.1) is 26.5 Å². The molecule has 166 valence electrons. The molecule has 0 bridgehead atoms. The van der Waals surface area contributed by atoms with Crippen LogP contribution in [0.3, 0.4) is 0 Å². The Hall–Kier alpha value is -4.00. The average Bonchev–Trinajstić information content (AvgIpc) is 2.83. The second-order valence-electron chi connectivity index (χ2n) is 6.66. The van der Waals surface area contributed by atoms with Crippen molar-refractivity contribution in [2.45, 2.75) is 13.0 Å². The molecule has 3 aromatic carbocycles. The zero-order chi connectivity index (χ0) is 22.9. The molecule has 0 radical (unpaired) electrons. The van der Waals surface area contributed by atoms with Gasteiger partial charge in [-0.05, 0) is 31.2 Å². The Morgan fingerprint density at radius 2 is 1.53 bits per heavy atom. The lowest BCUT2D eigenvalue weighted by molar-refractivity contribution is -0.125. The summed E-state index contributed by atoms with van der Waals surface area (Å²) in [4.78, 5) is 26.3. The van der Waals surface area contributed by atoms with E-state index in [-0.39, 0.29) is 11.3 Å². The van der Waals surface area contributed by atoms with Gasteiger partial charge in [-0.15, -0.1) is 0 Å². The van der Waals surface area contributed by atoms with Crippen molar-refractivity contribution in [3.63, 3.8) is 0 Å². The zero-order valence-electron chi connectivity index (χ0n) is 18.2. The van der Waals surface area contributed by atoms with Gasteiger partial charge in [0.2, 0.25) is 6.10 Å². The van der Waals surface area contributed by atoms with E-state index in [2.05, 4.69) is 5.32 Å². The Bertz CT molecular complexity index is 1070. The largest absolute Gasteiger partial charge is 0.493 e. The van der Waals surface area contributed by atoms with Gasteiger partial charge in [-0.2, -0.15) is 0 Å². The molecule has 1 unspecified atom stereocenters. The van der Waals surface area contributed by atoms with E-state index in [0.717, 1.165) is 0 Å².